The van der Waals surface area contributed by atoms with E-state index in [1.165, 1.54) is 114 Å². The molecule has 10 heterocycles. The van der Waals surface area contributed by atoms with Gasteiger partial charge in [-0.3, -0.25) is 44.3 Å². The molecular weight excluding hydrogens is 1590 g/mol. The summed E-state index contributed by atoms with van der Waals surface area (Å²) >= 11 is 0. The molecular formula is C101H126N12O13. The second kappa shape index (κ2) is 38.9. The predicted octanol–water partition coefficient (Wildman–Crippen LogP) is 18.3. The van der Waals surface area contributed by atoms with E-state index in [0.29, 0.717) is 54.7 Å². The van der Waals surface area contributed by atoms with Crippen molar-refractivity contribution in [2.24, 2.45) is 22.6 Å². The lowest BCUT2D eigenvalue weighted by molar-refractivity contribution is -0.384. The van der Waals surface area contributed by atoms with Gasteiger partial charge in [0, 0.05) is 161 Å². The zero-order valence-electron chi connectivity index (χ0n) is 76.2. The van der Waals surface area contributed by atoms with Gasteiger partial charge in [-0.05, 0) is 289 Å². The zero-order valence-corrected chi connectivity index (χ0v) is 76.2. The van der Waals surface area contributed by atoms with Crippen LogP contribution in [0, 0.1) is 49.6 Å². The van der Waals surface area contributed by atoms with Gasteiger partial charge in [0.2, 0.25) is 11.8 Å². The molecule has 4 bridgehead atoms. The van der Waals surface area contributed by atoms with E-state index in [9.17, 15) is 38.9 Å². The van der Waals surface area contributed by atoms with Crippen molar-refractivity contribution in [2.75, 3.05) is 65.6 Å². The topological polar surface area (TPSA) is 312 Å². The van der Waals surface area contributed by atoms with Gasteiger partial charge < -0.3 is 64.3 Å². The SMILES string of the molecule is CC(=O)OCC(C)(C)OC(=O)/C=C(\NC[C@@H](C)c1c(-c2cc(C)cc(C)c2)[nH]c2ccc(C(C)(C)C(=O)N3CC4CCC3CC4)cc12)N1CCC(c2ccncc2)C1.CC(=O)OCC(C)(C)OC(=O)Oc1ccc([N+](=O)[O-])cc1.Cc1cc(C)cc(-c2[nH]c3ccc(C(C)(C)C(=O)N4CC5CCC4CC5)cc3c2[C@H](C)CN=C(N)N2CCC(c3ccncc3)C2)c1. The molecule has 4 aromatic heterocycles. The normalized spacial score (nSPS) is 19.5. The molecule has 17 rings (SSSR count). The van der Waals surface area contributed by atoms with E-state index in [4.69, 9.17) is 34.4 Å². The third kappa shape index (κ3) is 22.1. The molecule has 4 atom stereocenters. The van der Waals surface area contributed by atoms with E-state index >= 15 is 0 Å². The first kappa shape index (κ1) is 91.8. The number of hydrogen-bond donors (Lipinski definition) is 4. The number of non-ortho nitro benzene ring substituents is 1. The van der Waals surface area contributed by atoms with E-state index in [1.54, 1.807) is 27.7 Å². The van der Waals surface area contributed by atoms with Gasteiger partial charge in [-0.1, -0.05) is 60.4 Å². The van der Waals surface area contributed by atoms with Gasteiger partial charge in [-0.15, -0.1) is 0 Å². The smallest absolute Gasteiger partial charge is 0.462 e. The van der Waals surface area contributed by atoms with Crippen molar-refractivity contribution in [3.05, 3.63) is 224 Å². The Hall–Kier alpha value is -11.9. The highest BCUT2D eigenvalue weighted by molar-refractivity contribution is 5.97. The average molecular weight is 1720 g/mol. The molecule has 0 radical (unpaired) electrons. The monoisotopic (exact) mass is 1710 g/mol. The number of aromatic amines is 2. The van der Waals surface area contributed by atoms with Crippen LogP contribution in [-0.2, 0) is 53.8 Å². The summed E-state index contributed by atoms with van der Waals surface area (Å²) in [5.41, 5.74) is 21.6. The maximum absolute atomic E-state index is 14.4. The summed E-state index contributed by atoms with van der Waals surface area (Å²) in [7, 11) is 0. The molecule has 2 amide bonds. The lowest BCUT2D eigenvalue weighted by Crippen LogP contribution is -2.55. The van der Waals surface area contributed by atoms with Crippen LogP contribution in [0.3, 0.4) is 0 Å². The summed E-state index contributed by atoms with van der Waals surface area (Å²) < 4.78 is 25.7. The summed E-state index contributed by atoms with van der Waals surface area (Å²) in [5, 5.41) is 16.4. The lowest BCUT2D eigenvalue weighted by atomic mass is 9.76. The highest BCUT2D eigenvalue weighted by Gasteiger charge is 2.45. The van der Waals surface area contributed by atoms with E-state index in [2.05, 4.69) is 211 Å². The number of hydrogen-bond acceptors (Lipinski definition) is 18. The molecule has 126 heavy (non-hydrogen) atoms. The van der Waals surface area contributed by atoms with E-state index in [-0.39, 0.29) is 54.2 Å². The van der Waals surface area contributed by atoms with Crippen LogP contribution in [0.1, 0.15) is 227 Å². The van der Waals surface area contributed by atoms with Crippen LogP contribution in [0.2, 0.25) is 0 Å². The molecule has 2 saturated carbocycles. The number of ether oxygens (including phenoxy) is 5. The predicted molar refractivity (Wildman–Crippen MR) is 491 cm³/mol. The minimum absolute atomic E-state index is 0.0186. The third-order valence-corrected chi connectivity index (χ3v) is 26.1. The van der Waals surface area contributed by atoms with Gasteiger partial charge in [0.15, 0.2) is 5.96 Å². The number of H-pyrrole nitrogens is 2. The number of benzene rings is 5. The van der Waals surface area contributed by atoms with Gasteiger partial charge in [0.25, 0.3) is 5.69 Å². The van der Waals surface area contributed by atoms with E-state index in [0.717, 1.165) is 133 Å². The number of aromatic nitrogens is 4. The van der Waals surface area contributed by atoms with Crippen LogP contribution in [0.4, 0.5) is 10.5 Å². The van der Waals surface area contributed by atoms with Crippen molar-refractivity contribution in [1.29, 1.82) is 0 Å². The molecule has 2 unspecified atom stereocenters. The van der Waals surface area contributed by atoms with Gasteiger partial charge in [-0.2, -0.15) is 0 Å². The standard InChI is InChI=1S/C48H61N5O5.C40H50N6O.C13H15NO7/c1-30-21-31(2)23-37(22-30)45-44(40-24-38(11-14-41(40)51-45)48(7,8)46(56)53-27-34-9-12-39(53)13-10-34)32(3)26-50-42(25-43(55)58-47(5,6)29-57-33(4)54)52-20-17-36(28-52)35-15-18-49-19-16-35;1-25-18-26(2)20-31(19-25)37-36(27(3)22-43-39(41)45-17-14-30(24-45)29-12-15-42-16-13-29)34-21-32(8-11-35(34)44-37)40(4,5)38(47)46-23-28-6-9-33(46)10-7-28;1-9(15)19-8-13(2,3)21-12(16)20-11-6-4-10(5-7-11)14(17)18/h11,14-16,18-19,21-25,32,34,36,39,50-51H,9-10,12-13,17,20,26-29H2,1-8H3;8,11-13,15-16,18-21,27-28,30,33,44H,6-7,9-10,14,17,22-24H2,1-5H3,(H2,41,43);4-7H,8H2,1-3H3/b42-25+;;/t32-,34?,36?,39?;27-,28?,30?,33?;/m11./s1. The molecule has 25 nitrogen and oxygen atoms in total. The molecule has 6 saturated heterocycles. The number of rotatable bonds is 25. The molecule has 8 fully saturated rings. The van der Waals surface area contributed by atoms with Crippen molar-refractivity contribution in [3.8, 4) is 28.3 Å². The minimum Gasteiger partial charge on any atom is -0.462 e. The number of nitrogens with two attached hydrogens (primary N) is 1. The summed E-state index contributed by atoms with van der Waals surface area (Å²) in [5.74, 6) is 2.55. The summed E-state index contributed by atoms with van der Waals surface area (Å²) in [6.45, 7) is 36.6. The molecule has 0 spiro atoms. The minimum atomic E-state index is -1.05. The Labute approximate surface area is 740 Å². The number of nitro groups is 1. The summed E-state index contributed by atoms with van der Waals surface area (Å²) in [6.07, 6.45) is 19.4. The van der Waals surface area contributed by atoms with Crippen LogP contribution in [-0.4, -0.2) is 175 Å². The van der Waals surface area contributed by atoms with Gasteiger partial charge in [0.1, 0.15) is 36.0 Å². The number of likely N-dealkylation sites (tertiary alicyclic amines) is 2. The molecule has 6 aliphatic heterocycles. The van der Waals surface area contributed by atoms with Crippen LogP contribution in [0.25, 0.3) is 44.3 Å². The number of guanidine groups is 1. The number of piperidine rings is 4. The maximum Gasteiger partial charge on any atom is 0.514 e. The second-order valence-corrected chi connectivity index (χ2v) is 38.2. The van der Waals surface area contributed by atoms with Gasteiger partial charge >= 0.3 is 24.1 Å². The van der Waals surface area contributed by atoms with Crippen molar-refractivity contribution < 1.29 is 57.4 Å². The molecule has 2 aliphatic carbocycles. The Kier molecular flexibility index (Phi) is 28.4. The number of esters is 3. The molecule has 9 aromatic rings. The van der Waals surface area contributed by atoms with E-state index in [1.807, 2.05) is 24.8 Å². The number of fused-ring (bicyclic) bond motifs is 8. The number of aliphatic imine (C=N–C) groups is 1. The van der Waals surface area contributed by atoms with Crippen molar-refractivity contribution >= 4 is 69.3 Å². The Bertz CT molecular complexity index is 5460. The first-order chi connectivity index (χ1) is 59.8. The number of nitrogens with zero attached hydrogens (tertiary/aromatic N) is 8. The maximum atomic E-state index is 14.4. The molecule has 5 aromatic carbocycles. The Morgan fingerprint density at radius 1 is 0.556 bits per heavy atom. The zero-order chi connectivity index (χ0) is 90.3. The average Bonchev–Trinajstić information content (AvgIpc) is 1.58. The Morgan fingerprint density at radius 2 is 0.984 bits per heavy atom. The number of amides is 2. The molecule has 668 valence electrons. The number of aryl methyl sites for hydroxylation is 4. The fourth-order valence-corrected chi connectivity index (χ4v) is 19.3. The van der Waals surface area contributed by atoms with Gasteiger partial charge in [-0.25, -0.2) is 9.59 Å². The fourth-order valence-electron chi connectivity index (χ4n) is 19.3. The number of nitro benzene ring substituents is 1. The lowest BCUT2D eigenvalue weighted by Gasteiger charge is -2.47. The summed E-state index contributed by atoms with van der Waals surface area (Å²) in [4.78, 5) is 116. The number of pyridine rings is 2. The first-order valence-corrected chi connectivity index (χ1v) is 44.7. The van der Waals surface area contributed by atoms with E-state index < -0.39 is 51.0 Å². The Morgan fingerprint density at radius 3 is 1.41 bits per heavy atom. The van der Waals surface area contributed by atoms with Crippen LogP contribution < -0.4 is 15.8 Å². The molecule has 25 heteroatoms. The fraction of sp³-hybridized carbons (Fsp3) is 0.475. The second-order valence-electron chi connectivity index (χ2n) is 38.2. The van der Waals surface area contributed by atoms with Crippen molar-refractivity contribution in [2.45, 2.75) is 233 Å². The van der Waals surface area contributed by atoms with Crippen LogP contribution in [0.15, 0.2) is 163 Å². The Balaban J connectivity index is 0.000000179. The number of carbonyl (C=O) groups excluding carboxylic acids is 6. The van der Waals surface area contributed by atoms with Gasteiger partial charge in [0.05, 0.1) is 33.2 Å². The summed E-state index contributed by atoms with van der Waals surface area (Å²) in [6, 6.07) is 40.5. The third-order valence-electron chi connectivity index (χ3n) is 26.1. The number of nitrogens with one attached hydrogen (secondary N) is 3. The van der Waals surface area contributed by atoms with Crippen molar-refractivity contribution in [3.63, 3.8) is 0 Å². The van der Waals surface area contributed by atoms with Crippen molar-refractivity contribution in [1.82, 2.24) is 44.9 Å². The molecule has 8 aliphatic rings. The van der Waals surface area contributed by atoms with Crippen LogP contribution in [0.5, 0.6) is 5.75 Å². The highest BCUT2D eigenvalue weighted by atomic mass is 16.7. The number of carbonyl (C=O) groups is 6. The molecule has 5 N–H and O–H groups in total. The first-order valence-electron chi connectivity index (χ1n) is 44.7. The van der Waals surface area contributed by atoms with Crippen LogP contribution >= 0.6 is 0 Å². The quantitative estimate of drug-likeness (QED) is 0.00604. The largest absolute Gasteiger partial charge is 0.514 e. The highest BCUT2D eigenvalue weighted by Crippen LogP contribution is 2.45.